The van der Waals surface area contributed by atoms with Gasteiger partial charge in [-0.05, 0) is 24.3 Å². The van der Waals surface area contributed by atoms with Crippen LogP contribution in [0.3, 0.4) is 0 Å². The van der Waals surface area contributed by atoms with Crippen LogP contribution in [0.25, 0.3) is 0 Å². The molecule has 0 bridgehead atoms. The molecule has 1 aromatic heterocycles. The predicted molar refractivity (Wildman–Crippen MR) is 88.8 cm³/mol. The summed E-state index contributed by atoms with van der Waals surface area (Å²) in [6.07, 6.45) is 3.02. The Morgan fingerprint density at radius 1 is 1.25 bits per heavy atom. The van der Waals surface area contributed by atoms with Crippen LogP contribution in [0.2, 0.25) is 5.02 Å². The molecule has 1 aliphatic rings. The molecular formula is C15H17ClN6O2. The van der Waals surface area contributed by atoms with Gasteiger partial charge in [0.15, 0.2) is 0 Å². The van der Waals surface area contributed by atoms with E-state index < -0.39 is 0 Å². The summed E-state index contributed by atoms with van der Waals surface area (Å²) in [6, 6.07) is 6.89. The largest absolute Gasteiger partial charge is 0.353 e. The topological polar surface area (TPSA) is 83.4 Å². The summed E-state index contributed by atoms with van der Waals surface area (Å²) in [5.41, 5.74) is 0.776. The number of aromatic nitrogens is 3. The Labute approximate surface area is 144 Å². The number of carbonyl (C=O) groups excluding carboxylic acids is 2. The minimum absolute atomic E-state index is 0.0419. The van der Waals surface area contributed by atoms with Gasteiger partial charge in [0.1, 0.15) is 19.2 Å². The number of nitrogens with zero attached hydrogens (tertiary/aromatic N) is 5. The van der Waals surface area contributed by atoms with Crippen molar-refractivity contribution < 1.29 is 9.59 Å². The van der Waals surface area contributed by atoms with Crippen LogP contribution in [0.4, 0.5) is 10.5 Å². The fourth-order valence-electron chi connectivity index (χ4n) is 2.48. The summed E-state index contributed by atoms with van der Waals surface area (Å²) in [4.78, 5) is 31.4. The van der Waals surface area contributed by atoms with Crippen LogP contribution in [0.15, 0.2) is 36.9 Å². The molecule has 0 atom stereocenters. The highest BCUT2D eigenvalue weighted by Crippen LogP contribution is 2.22. The maximum Gasteiger partial charge on any atom is 0.325 e. The highest BCUT2D eigenvalue weighted by Gasteiger charge is 2.30. The number of hydrogen-bond donors (Lipinski definition) is 1. The third-order valence-corrected chi connectivity index (χ3v) is 3.95. The van der Waals surface area contributed by atoms with Crippen LogP contribution in [0.1, 0.15) is 0 Å². The zero-order chi connectivity index (χ0) is 16.9. The molecule has 1 aliphatic heterocycles. The quantitative estimate of drug-likeness (QED) is 0.843. The molecule has 1 saturated heterocycles. The second-order valence-electron chi connectivity index (χ2n) is 5.34. The number of rotatable bonds is 6. The van der Waals surface area contributed by atoms with Gasteiger partial charge in [-0.15, -0.1) is 0 Å². The van der Waals surface area contributed by atoms with E-state index in [1.54, 1.807) is 40.2 Å². The lowest BCUT2D eigenvalue weighted by Crippen LogP contribution is -2.40. The molecule has 1 fully saturated rings. The normalized spacial score (nSPS) is 14.3. The van der Waals surface area contributed by atoms with Crippen LogP contribution in [0.5, 0.6) is 0 Å². The number of halogens is 1. The number of carbonyl (C=O) groups is 2. The summed E-state index contributed by atoms with van der Waals surface area (Å²) >= 11 is 5.86. The fraction of sp³-hybridized carbons (Fsp3) is 0.333. The lowest BCUT2D eigenvalue weighted by atomic mass is 10.3. The van der Waals surface area contributed by atoms with E-state index in [0.717, 1.165) is 5.69 Å². The Balaban J connectivity index is 1.48. The molecule has 3 amide bonds. The van der Waals surface area contributed by atoms with Gasteiger partial charge in [0, 0.05) is 30.3 Å². The molecule has 1 aromatic carbocycles. The highest BCUT2D eigenvalue weighted by atomic mass is 35.5. The average molecular weight is 349 g/mol. The van der Waals surface area contributed by atoms with Crippen LogP contribution in [-0.4, -0.2) is 57.8 Å². The molecule has 8 nitrogen and oxygen atoms in total. The maximum atomic E-state index is 12.4. The van der Waals surface area contributed by atoms with Gasteiger partial charge in [-0.25, -0.2) is 9.78 Å². The van der Waals surface area contributed by atoms with Crippen molar-refractivity contribution in [3.8, 4) is 0 Å². The standard InChI is InChI=1S/C15H17ClN6O2/c16-12-1-3-13(4-2-12)22-8-7-20(15(22)24)9-14(23)18-5-6-21-11-17-10-19-21/h1-4,10-11H,5-9H2,(H,18,23). The SMILES string of the molecule is O=C(CN1CCN(c2ccc(Cl)cc2)C1=O)NCCn1cncn1. The first-order chi connectivity index (χ1) is 11.6. The highest BCUT2D eigenvalue weighted by molar-refractivity contribution is 6.30. The van der Waals surface area contributed by atoms with E-state index in [1.807, 2.05) is 0 Å². The van der Waals surface area contributed by atoms with Crippen molar-refractivity contribution in [1.29, 1.82) is 0 Å². The number of nitrogens with one attached hydrogen (secondary N) is 1. The smallest absolute Gasteiger partial charge is 0.325 e. The van der Waals surface area contributed by atoms with Crippen molar-refractivity contribution >= 4 is 29.2 Å². The van der Waals surface area contributed by atoms with Gasteiger partial charge in [0.2, 0.25) is 5.91 Å². The van der Waals surface area contributed by atoms with Crippen LogP contribution in [0, 0.1) is 0 Å². The van der Waals surface area contributed by atoms with Crippen molar-refractivity contribution in [2.24, 2.45) is 0 Å². The summed E-state index contributed by atoms with van der Waals surface area (Å²) in [5, 5.41) is 7.34. The Morgan fingerprint density at radius 2 is 2.04 bits per heavy atom. The molecule has 1 N–H and O–H groups in total. The number of urea groups is 1. The molecule has 24 heavy (non-hydrogen) atoms. The van der Waals surface area contributed by atoms with Crippen molar-refractivity contribution in [3.63, 3.8) is 0 Å². The third kappa shape index (κ3) is 3.83. The lowest BCUT2D eigenvalue weighted by Gasteiger charge is -2.18. The number of hydrogen-bond acceptors (Lipinski definition) is 4. The first kappa shape index (κ1) is 16.3. The minimum atomic E-state index is -0.193. The minimum Gasteiger partial charge on any atom is -0.353 e. The number of benzene rings is 1. The molecule has 0 spiro atoms. The van der Waals surface area contributed by atoms with Gasteiger partial charge >= 0.3 is 6.03 Å². The molecule has 2 aromatic rings. The lowest BCUT2D eigenvalue weighted by molar-refractivity contribution is -0.121. The molecule has 0 saturated carbocycles. The van der Waals surface area contributed by atoms with Crippen molar-refractivity contribution in [2.75, 3.05) is 31.1 Å². The second-order valence-corrected chi connectivity index (χ2v) is 5.78. The van der Waals surface area contributed by atoms with E-state index >= 15 is 0 Å². The van der Waals surface area contributed by atoms with Gasteiger partial charge in [-0.1, -0.05) is 11.6 Å². The Hall–Kier alpha value is -2.61. The van der Waals surface area contributed by atoms with E-state index in [2.05, 4.69) is 15.4 Å². The van der Waals surface area contributed by atoms with Crippen molar-refractivity contribution in [3.05, 3.63) is 41.9 Å². The maximum absolute atomic E-state index is 12.4. The van der Waals surface area contributed by atoms with E-state index in [4.69, 9.17) is 11.6 Å². The molecule has 126 valence electrons. The monoisotopic (exact) mass is 348 g/mol. The molecule has 9 heteroatoms. The number of amides is 3. The van der Waals surface area contributed by atoms with E-state index in [1.165, 1.54) is 11.2 Å². The van der Waals surface area contributed by atoms with Gasteiger partial charge in [0.05, 0.1) is 6.54 Å². The summed E-state index contributed by atoms with van der Waals surface area (Å²) in [5.74, 6) is -0.193. The Bertz CT molecular complexity index is 703. The van der Waals surface area contributed by atoms with Crippen LogP contribution in [-0.2, 0) is 11.3 Å². The zero-order valence-corrected chi connectivity index (χ0v) is 13.7. The van der Waals surface area contributed by atoms with Gasteiger partial charge < -0.3 is 10.2 Å². The summed E-state index contributed by atoms with van der Waals surface area (Å²) in [6.45, 7) is 2.08. The van der Waals surface area contributed by atoms with Gasteiger partial charge in [0.25, 0.3) is 0 Å². The first-order valence-corrected chi connectivity index (χ1v) is 7.92. The molecular weight excluding hydrogens is 332 g/mol. The molecule has 0 aliphatic carbocycles. The molecule has 0 unspecified atom stereocenters. The predicted octanol–water partition coefficient (Wildman–Crippen LogP) is 0.990. The average Bonchev–Trinajstić information content (AvgIpc) is 3.20. The van der Waals surface area contributed by atoms with E-state index in [0.29, 0.717) is 31.2 Å². The Kier molecular flexibility index (Phi) is 4.95. The number of anilines is 1. The van der Waals surface area contributed by atoms with Crippen molar-refractivity contribution in [2.45, 2.75) is 6.54 Å². The molecule has 3 rings (SSSR count). The summed E-state index contributed by atoms with van der Waals surface area (Å²) < 4.78 is 1.63. The first-order valence-electron chi connectivity index (χ1n) is 7.54. The van der Waals surface area contributed by atoms with Gasteiger partial charge in [-0.2, -0.15) is 5.10 Å². The van der Waals surface area contributed by atoms with Crippen LogP contribution >= 0.6 is 11.6 Å². The molecule has 2 heterocycles. The van der Waals surface area contributed by atoms with E-state index in [9.17, 15) is 9.59 Å². The second kappa shape index (κ2) is 7.31. The van der Waals surface area contributed by atoms with Crippen LogP contribution < -0.4 is 10.2 Å². The molecule has 0 radical (unpaired) electrons. The summed E-state index contributed by atoms with van der Waals surface area (Å²) in [7, 11) is 0. The fourth-order valence-corrected chi connectivity index (χ4v) is 2.60. The van der Waals surface area contributed by atoms with E-state index in [-0.39, 0.29) is 18.5 Å². The van der Waals surface area contributed by atoms with Crippen molar-refractivity contribution in [1.82, 2.24) is 25.0 Å². The Morgan fingerprint density at radius 3 is 2.75 bits per heavy atom. The third-order valence-electron chi connectivity index (χ3n) is 3.70. The zero-order valence-electron chi connectivity index (χ0n) is 12.9. The van der Waals surface area contributed by atoms with Gasteiger partial charge in [-0.3, -0.25) is 14.4 Å².